The van der Waals surface area contributed by atoms with E-state index in [0.717, 1.165) is 55.9 Å². The number of halogens is 2. The minimum atomic E-state index is 0.679. The van der Waals surface area contributed by atoms with E-state index >= 15 is 0 Å². The highest BCUT2D eigenvalue weighted by Gasteiger charge is 2.30. The van der Waals surface area contributed by atoms with Gasteiger partial charge in [0.15, 0.2) is 0 Å². The van der Waals surface area contributed by atoms with Crippen LogP contribution in [0.2, 0.25) is 10.0 Å². The fraction of sp³-hybridized carbons (Fsp3) is 0. The Labute approximate surface area is 213 Å². The average molecular weight is 492 g/mol. The third-order valence-electron chi connectivity index (χ3n) is 6.01. The van der Waals surface area contributed by atoms with E-state index in [-0.39, 0.29) is 0 Å². The number of allylic oxidation sites excluding steroid dienone is 1. The van der Waals surface area contributed by atoms with Crippen molar-refractivity contribution in [3.63, 3.8) is 0 Å². The zero-order valence-electron chi connectivity index (χ0n) is 18.5. The summed E-state index contributed by atoms with van der Waals surface area (Å²) in [5, 5.41) is 7.21. The molecule has 0 saturated heterocycles. The molecule has 0 bridgehead atoms. The summed E-state index contributed by atoms with van der Waals surface area (Å²) in [6, 6.07) is 33.9. The topological polar surface area (TPSA) is 37.3 Å². The number of pyridine rings is 1. The molecule has 6 rings (SSSR count). The minimum absolute atomic E-state index is 0.679. The van der Waals surface area contributed by atoms with E-state index in [9.17, 15) is 0 Å². The Balaban J connectivity index is 1.60. The summed E-state index contributed by atoms with van der Waals surface area (Å²) in [5.41, 5.74) is 7.49. The van der Waals surface area contributed by atoms with Crippen molar-refractivity contribution >= 4 is 62.3 Å². The Morgan fingerprint density at radius 3 is 2.03 bits per heavy atom. The molecule has 0 fully saturated rings. The molecule has 1 heterocycles. The number of rotatable bonds is 4. The number of hydrogen-bond acceptors (Lipinski definition) is 3. The van der Waals surface area contributed by atoms with E-state index in [2.05, 4.69) is 35.6 Å². The molecule has 168 valence electrons. The van der Waals surface area contributed by atoms with Crippen molar-refractivity contribution in [2.24, 2.45) is 4.99 Å². The fourth-order valence-corrected chi connectivity index (χ4v) is 4.59. The quantitative estimate of drug-likeness (QED) is 0.273. The Hall–Kier alpha value is -3.92. The molecule has 0 amide bonds. The molecule has 1 N–H and O–H groups in total. The predicted molar refractivity (Wildman–Crippen MR) is 148 cm³/mol. The number of fused-ring (bicyclic) bond motifs is 2. The SMILES string of the molecule is Clc1ccc(N=C2C(c3cc4ccccc4cn3)=C(Nc3ccc(Cl)cc3)c3ccccc32)cc1. The number of benzene rings is 4. The van der Waals surface area contributed by atoms with Crippen molar-refractivity contribution < 1.29 is 0 Å². The molecule has 1 aliphatic rings. The summed E-state index contributed by atoms with van der Waals surface area (Å²) in [6.07, 6.45) is 1.92. The van der Waals surface area contributed by atoms with Crippen LogP contribution in [0, 0.1) is 0 Å². The second kappa shape index (κ2) is 9.03. The molecule has 3 nitrogen and oxygen atoms in total. The smallest absolute Gasteiger partial charge is 0.0831 e. The minimum Gasteiger partial charge on any atom is -0.354 e. The van der Waals surface area contributed by atoms with Gasteiger partial charge in [0.1, 0.15) is 0 Å². The van der Waals surface area contributed by atoms with Crippen LogP contribution in [0.5, 0.6) is 0 Å². The standard InChI is InChI=1S/C30H19Cl2N3/c31-21-9-13-23(14-10-21)34-29-25-7-3-4-8-26(25)30(35-24-15-11-22(32)12-16-24)28(29)27-17-19-5-1-2-6-20(19)18-33-27/h1-18,34H. The van der Waals surface area contributed by atoms with Crippen molar-refractivity contribution in [2.45, 2.75) is 0 Å². The van der Waals surface area contributed by atoms with Crippen molar-refractivity contribution in [1.82, 2.24) is 4.98 Å². The van der Waals surface area contributed by atoms with E-state index in [1.807, 2.05) is 79.0 Å². The van der Waals surface area contributed by atoms with Gasteiger partial charge in [0, 0.05) is 38.4 Å². The van der Waals surface area contributed by atoms with Gasteiger partial charge in [0.05, 0.1) is 28.4 Å². The third-order valence-corrected chi connectivity index (χ3v) is 6.51. The molecular weight excluding hydrogens is 473 g/mol. The van der Waals surface area contributed by atoms with E-state index in [4.69, 9.17) is 33.2 Å². The lowest BCUT2D eigenvalue weighted by molar-refractivity contribution is 1.31. The fourth-order valence-electron chi connectivity index (χ4n) is 4.33. The van der Waals surface area contributed by atoms with E-state index in [1.54, 1.807) is 0 Å². The maximum atomic E-state index is 6.14. The van der Waals surface area contributed by atoms with Gasteiger partial charge in [-0.2, -0.15) is 0 Å². The van der Waals surface area contributed by atoms with Crippen LogP contribution in [-0.2, 0) is 0 Å². The number of nitrogens with zero attached hydrogens (tertiary/aromatic N) is 2. The first-order chi connectivity index (χ1) is 17.2. The number of anilines is 1. The molecule has 1 aromatic heterocycles. The first-order valence-electron chi connectivity index (χ1n) is 11.2. The molecular formula is C30H19Cl2N3. The van der Waals surface area contributed by atoms with Gasteiger partial charge < -0.3 is 5.32 Å². The molecule has 0 spiro atoms. The van der Waals surface area contributed by atoms with Gasteiger partial charge in [-0.3, -0.25) is 4.98 Å². The lowest BCUT2D eigenvalue weighted by atomic mass is 10.0. The van der Waals surface area contributed by atoms with Crippen molar-refractivity contribution in [3.8, 4) is 0 Å². The Morgan fingerprint density at radius 2 is 1.29 bits per heavy atom. The molecule has 0 radical (unpaired) electrons. The first kappa shape index (κ1) is 21.6. The molecule has 5 aromatic rings. The molecule has 0 saturated carbocycles. The van der Waals surface area contributed by atoms with Crippen LogP contribution in [0.4, 0.5) is 11.4 Å². The van der Waals surface area contributed by atoms with Crippen LogP contribution >= 0.6 is 23.2 Å². The van der Waals surface area contributed by atoms with Crippen LogP contribution in [0.15, 0.2) is 114 Å². The van der Waals surface area contributed by atoms with E-state index < -0.39 is 0 Å². The summed E-state index contributed by atoms with van der Waals surface area (Å²) in [4.78, 5) is 9.95. The zero-order chi connectivity index (χ0) is 23.8. The van der Waals surface area contributed by atoms with Gasteiger partial charge in [-0.05, 0) is 60.0 Å². The van der Waals surface area contributed by atoms with Gasteiger partial charge in [-0.1, -0.05) is 71.7 Å². The van der Waals surface area contributed by atoms with Crippen LogP contribution in [0.25, 0.3) is 22.0 Å². The number of nitrogens with one attached hydrogen (secondary N) is 1. The normalized spacial score (nSPS) is 13.9. The molecule has 4 aromatic carbocycles. The molecule has 0 aliphatic heterocycles. The highest BCUT2D eigenvalue weighted by Crippen LogP contribution is 2.40. The maximum absolute atomic E-state index is 6.14. The van der Waals surface area contributed by atoms with Gasteiger partial charge >= 0.3 is 0 Å². The van der Waals surface area contributed by atoms with Gasteiger partial charge in [-0.25, -0.2) is 4.99 Å². The number of aromatic nitrogens is 1. The molecule has 1 aliphatic carbocycles. The Bertz CT molecular complexity index is 1620. The molecule has 0 unspecified atom stereocenters. The largest absolute Gasteiger partial charge is 0.354 e. The summed E-state index contributed by atoms with van der Waals surface area (Å²) in [5.74, 6) is 0. The number of hydrogen-bond donors (Lipinski definition) is 1. The monoisotopic (exact) mass is 491 g/mol. The highest BCUT2D eigenvalue weighted by molar-refractivity contribution is 6.43. The van der Waals surface area contributed by atoms with Gasteiger partial charge in [-0.15, -0.1) is 0 Å². The Morgan fingerprint density at radius 1 is 0.657 bits per heavy atom. The van der Waals surface area contributed by atoms with Crippen LogP contribution in [0.1, 0.15) is 16.8 Å². The van der Waals surface area contributed by atoms with Gasteiger partial charge in [0.25, 0.3) is 0 Å². The number of aliphatic imine (C=N–C) groups is 1. The van der Waals surface area contributed by atoms with E-state index in [0.29, 0.717) is 10.0 Å². The molecule has 5 heteroatoms. The predicted octanol–water partition coefficient (Wildman–Crippen LogP) is 8.66. The van der Waals surface area contributed by atoms with E-state index in [1.165, 1.54) is 0 Å². The zero-order valence-corrected chi connectivity index (χ0v) is 20.1. The highest BCUT2D eigenvalue weighted by atomic mass is 35.5. The Kier molecular flexibility index (Phi) is 5.57. The average Bonchev–Trinajstić information content (AvgIpc) is 3.19. The van der Waals surface area contributed by atoms with Crippen LogP contribution < -0.4 is 5.32 Å². The lowest BCUT2D eigenvalue weighted by Gasteiger charge is -2.13. The molecule has 0 atom stereocenters. The summed E-state index contributed by atoms with van der Waals surface area (Å²) in [6.45, 7) is 0. The first-order valence-corrected chi connectivity index (χ1v) is 12.0. The van der Waals surface area contributed by atoms with Crippen LogP contribution in [-0.4, -0.2) is 10.7 Å². The summed E-state index contributed by atoms with van der Waals surface area (Å²) >= 11 is 12.3. The van der Waals surface area contributed by atoms with Crippen molar-refractivity contribution in [2.75, 3.05) is 5.32 Å². The summed E-state index contributed by atoms with van der Waals surface area (Å²) in [7, 11) is 0. The molecule has 35 heavy (non-hydrogen) atoms. The van der Waals surface area contributed by atoms with Crippen molar-refractivity contribution in [3.05, 3.63) is 136 Å². The maximum Gasteiger partial charge on any atom is 0.0831 e. The van der Waals surface area contributed by atoms with Crippen LogP contribution in [0.3, 0.4) is 0 Å². The second-order valence-corrected chi connectivity index (χ2v) is 9.15. The summed E-state index contributed by atoms with van der Waals surface area (Å²) < 4.78 is 0. The van der Waals surface area contributed by atoms with Crippen molar-refractivity contribution in [1.29, 1.82) is 0 Å². The van der Waals surface area contributed by atoms with Gasteiger partial charge in [0.2, 0.25) is 0 Å². The lowest BCUT2D eigenvalue weighted by Crippen LogP contribution is -2.04. The second-order valence-electron chi connectivity index (χ2n) is 8.28. The third kappa shape index (κ3) is 4.21.